The van der Waals surface area contributed by atoms with E-state index in [1.165, 1.54) is 18.4 Å². The third-order valence-electron chi connectivity index (χ3n) is 16.6. The highest BCUT2D eigenvalue weighted by molar-refractivity contribution is 7.09. The van der Waals surface area contributed by atoms with Crippen LogP contribution < -0.4 is 0 Å². The highest BCUT2D eigenvalue weighted by Crippen LogP contribution is 2.49. The van der Waals surface area contributed by atoms with E-state index >= 15 is 4.79 Å². The molecule has 1 saturated carbocycles. The maximum atomic E-state index is 15.2. The number of ketones is 1. The number of hydrogen-bond acceptors (Lipinski definition) is 7. The highest BCUT2D eigenvalue weighted by atomic mass is 32.1. The van der Waals surface area contributed by atoms with Crippen molar-refractivity contribution in [1.29, 1.82) is 0 Å². The molecule has 2 rings (SSSR count). The molecule has 0 aromatic carbocycles. The van der Waals surface area contributed by atoms with Gasteiger partial charge in [-0.1, -0.05) is 124 Å². The molecule has 0 aliphatic heterocycles. The molecule has 6 nitrogen and oxygen atoms in total. The molecule has 0 radical (unpaired) electrons. The molecule has 1 aromatic rings. The van der Waals surface area contributed by atoms with E-state index < -0.39 is 38.7 Å². The molecule has 362 valence electrons. The molecule has 7 atom stereocenters. The molecule has 11 heteroatoms. The van der Waals surface area contributed by atoms with Crippen molar-refractivity contribution < 1.29 is 22.5 Å². The number of carbonyl (C=O) groups excluding carboxylic acids is 1. The normalized spacial score (nSPS) is 20.5. The molecule has 1 fully saturated rings. The van der Waals surface area contributed by atoms with E-state index in [1.807, 2.05) is 0 Å². The monoisotopic (exact) mass is 952 g/mol. The van der Waals surface area contributed by atoms with Gasteiger partial charge in [0.05, 0.1) is 29.0 Å². The zero-order valence-corrected chi connectivity index (χ0v) is 50.4. The summed E-state index contributed by atoms with van der Waals surface area (Å²) in [5, 5.41) is 3.59. The zero-order chi connectivity index (χ0) is 48.5. The second-order valence-corrected chi connectivity index (χ2v) is 46.6. The number of aromatic nitrogens is 1. The van der Waals surface area contributed by atoms with Crippen molar-refractivity contribution >= 4 is 56.5 Å². The van der Waals surface area contributed by atoms with Crippen LogP contribution in [-0.4, -0.2) is 69.0 Å². The lowest BCUT2D eigenvalue weighted by Gasteiger charge is -2.47. The van der Waals surface area contributed by atoms with E-state index in [2.05, 4.69) is 188 Å². The second-order valence-electron chi connectivity index (χ2n) is 26.4. The molecule has 62 heavy (non-hydrogen) atoms. The quantitative estimate of drug-likeness (QED) is 0.102. The Balaban J connectivity index is 2.34. The number of thiazole rings is 1. The minimum atomic E-state index is -2.22. The fourth-order valence-electron chi connectivity index (χ4n) is 7.59. The van der Waals surface area contributed by atoms with Crippen LogP contribution in [0.3, 0.4) is 0 Å². The number of rotatable bonds is 23. The molecule has 1 aliphatic rings. The minimum absolute atomic E-state index is 0.0222. The van der Waals surface area contributed by atoms with Crippen molar-refractivity contribution in [2.24, 2.45) is 29.1 Å². The predicted octanol–water partition coefficient (Wildman–Crippen LogP) is 16.5. The molecular formula is C51H101NO5SSi4. The Labute approximate surface area is 393 Å². The van der Waals surface area contributed by atoms with Gasteiger partial charge in [-0.05, 0) is 141 Å². The van der Waals surface area contributed by atoms with Gasteiger partial charge in [-0.15, -0.1) is 11.3 Å². The van der Waals surface area contributed by atoms with E-state index in [0.29, 0.717) is 18.9 Å². The van der Waals surface area contributed by atoms with E-state index in [4.69, 9.17) is 22.7 Å². The fraction of sp³-hybridized carbons (Fsp3) is 0.882. The van der Waals surface area contributed by atoms with Gasteiger partial charge in [0.25, 0.3) is 0 Å². The summed E-state index contributed by atoms with van der Waals surface area (Å²) < 4.78 is 28.6. The maximum Gasteiger partial charge on any atom is 0.192 e. The molecule has 0 unspecified atom stereocenters. The third kappa shape index (κ3) is 15.7. The summed E-state index contributed by atoms with van der Waals surface area (Å²) in [6, 6.07) is 0. The van der Waals surface area contributed by atoms with Crippen molar-refractivity contribution in [3.05, 3.63) is 21.7 Å². The van der Waals surface area contributed by atoms with E-state index in [0.717, 1.165) is 35.9 Å². The molecule has 0 saturated heterocycles. The van der Waals surface area contributed by atoms with Crippen LogP contribution in [0.15, 0.2) is 11.0 Å². The summed E-state index contributed by atoms with van der Waals surface area (Å²) in [5.74, 6) is 1.65. The van der Waals surface area contributed by atoms with Crippen LogP contribution in [0.5, 0.6) is 0 Å². The number of nitrogens with zero attached hydrogens (tertiary/aromatic N) is 1. The van der Waals surface area contributed by atoms with Crippen LogP contribution in [0, 0.1) is 36.0 Å². The summed E-state index contributed by atoms with van der Waals surface area (Å²) in [5.41, 5.74) is 1.64. The molecule has 1 aliphatic carbocycles. The van der Waals surface area contributed by atoms with Gasteiger partial charge in [0.15, 0.2) is 33.3 Å². The lowest BCUT2D eigenvalue weighted by molar-refractivity contribution is -0.141. The largest absolute Gasteiger partial charge is 0.417 e. The van der Waals surface area contributed by atoms with Gasteiger partial charge in [-0.2, -0.15) is 0 Å². The third-order valence-corrected chi connectivity index (χ3v) is 35.4. The Morgan fingerprint density at radius 3 is 1.69 bits per heavy atom. The second kappa shape index (κ2) is 20.9. The predicted molar refractivity (Wildman–Crippen MR) is 282 cm³/mol. The average Bonchev–Trinajstić information content (AvgIpc) is 3.69. The Morgan fingerprint density at radius 2 is 1.23 bits per heavy atom. The lowest BCUT2D eigenvalue weighted by atomic mass is 9.73. The first-order chi connectivity index (χ1) is 27.6. The SMILES string of the molecule is C/C(=C\c1csc(C)n1)[C@H](C[C@@H]1C[C@H]1CCC[C@H](C)[C@H](O[Si](C)(C)C(C)(C)C)[C@@H](C)C(=O)C(C)(C)[C@H](CCO[Si](C)(C)C(C)(C)C)O[Si](C)(C)C(C)(C)C)O[Si](C)(C)C(C)(C)C. The molecule has 0 N–H and O–H groups in total. The molecule has 0 bridgehead atoms. The van der Waals surface area contributed by atoms with E-state index in [9.17, 15) is 0 Å². The highest BCUT2D eigenvalue weighted by Gasteiger charge is 2.50. The van der Waals surface area contributed by atoms with Crippen molar-refractivity contribution in [2.45, 2.75) is 254 Å². The number of aryl methyl sites for hydroxylation is 1. The smallest absolute Gasteiger partial charge is 0.192 e. The Kier molecular flexibility index (Phi) is 19.6. The van der Waals surface area contributed by atoms with Crippen molar-refractivity contribution in [2.75, 3.05) is 6.61 Å². The summed E-state index contributed by atoms with van der Waals surface area (Å²) in [6.07, 6.45) is 8.45. The van der Waals surface area contributed by atoms with Crippen LogP contribution in [-0.2, 0) is 22.5 Å². The van der Waals surface area contributed by atoms with Crippen LogP contribution in [0.25, 0.3) is 6.08 Å². The van der Waals surface area contributed by atoms with Crippen molar-refractivity contribution in [1.82, 2.24) is 4.98 Å². The first-order valence-corrected chi connectivity index (χ1v) is 36.9. The van der Waals surface area contributed by atoms with Gasteiger partial charge in [0, 0.05) is 23.3 Å². The van der Waals surface area contributed by atoms with E-state index in [-0.39, 0.29) is 56.1 Å². The standard InChI is InChI=1S/C51H101NO5SSi4/c1-36(28-27-29-40-33-41(40)34-43(55-60(21,22)48(8,9)10)37(2)32-42-35-58-39(4)52-42)45(57-62(25,26)50(14,15)16)38(3)46(53)51(17,18)44(56-61(23,24)49(11,12)13)30-31-54-59(19,20)47(5,6)7/h32,35-36,38,40-41,43-45H,27-31,33-34H2,1-26H3/b37-32+/t36-,38+,40+,41-,43-,44-,45-/m0/s1. The summed E-state index contributed by atoms with van der Waals surface area (Å²) in [6.45, 7) is 60.2. The van der Waals surface area contributed by atoms with Crippen LogP contribution in [0.1, 0.15) is 167 Å². The first kappa shape index (κ1) is 57.9. The first-order valence-electron chi connectivity index (χ1n) is 24.4. The van der Waals surface area contributed by atoms with Crippen LogP contribution in [0.4, 0.5) is 0 Å². The molecular weight excluding hydrogens is 851 g/mol. The van der Waals surface area contributed by atoms with Crippen LogP contribution in [0.2, 0.25) is 72.5 Å². The number of carbonyl (C=O) groups is 1. The van der Waals surface area contributed by atoms with Crippen LogP contribution >= 0.6 is 11.3 Å². The molecule has 1 heterocycles. The minimum Gasteiger partial charge on any atom is -0.417 e. The fourth-order valence-corrected chi connectivity index (χ4v) is 13.5. The summed E-state index contributed by atoms with van der Waals surface area (Å²) >= 11 is 1.71. The van der Waals surface area contributed by atoms with Gasteiger partial charge in [-0.3, -0.25) is 4.79 Å². The van der Waals surface area contributed by atoms with Gasteiger partial charge < -0.3 is 17.7 Å². The average molecular weight is 953 g/mol. The van der Waals surface area contributed by atoms with Crippen molar-refractivity contribution in [3.63, 3.8) is 0 Å². The molecule has 0 spiro atoms. The lowest BCUT2D eigenvalue weighted by Crippen LogP contribution is -2.54. The zero-order valence-electron chi connectivity index (χ0n) is 45.5. The topological polar surface area (TPSA) is 66.9 Å². The van der Waals surface area contributed by atoms with E-state index in [1.54, 1.807) is 11.3 Å². The van der Waals surface area contributed by atoms with Gasteiger partial charge >= 0.3 is 0 Å². The van der Waals surface area contributed by atoms with Crippen molar-refractivity contribution in [3.8, 4) is 0 Å². The summed E-state index contributed by atoms with van der Waals surface area (Å²) in [4.78, 5) is 20.0. The Hall–Kier alpha value is -0.252. The molecule has 0 amide bonds. The summed E-state index contributed by atoms with van der Waals surface area (Å²) in [7, 11) is -8.38. The number of hydrogen-bond donors (Lipinski definition) is 0. The Bertz CT molecular complexity index is 1620. The number of Topliss-reactive ketones (excluding diaryl/α,β-unsaturated/α-hetero) is 1. The van der Waals surface area contributed by atoms with Gasteiger partial charge in [-0.25, -0.2) is 4.98 Å². The maximum absolute atomic E-state index is 15.2. The van der Waals surface area contributed by atoms with Gasteiger partial charge in [0.1, 0.15) is 5.78 Å². The van der Waals surface area contributed by atoms with Gasteiger partial charge in [0.2, 0.25) is 0 Å². The molecule has 1 aromatic heterocycles. The Morgan fingerprint density at radius 1 is 0.742 bits per heavy atom.